The number of benzene rings is 1. The van der Waals surface area contributed by atoms with Gasteiger partial charge in [-0.15, -0.1) is 0 Å². The predicted octanol–water partition coefficient (Wildman–Crippen LogP) is 2.10. The number of fused-ring (bicyclic) bond motifs is 1. The van der Waals surface area contributed by atoms with E-state index in [1.165, 1.54) is 0 Å². The summed E-state index contributed by atoms with van der Waals surface area (Å²) in [5, 5.41) is 0. The Labute approximate surface area is 106 Å². The summed E-state index contributed by atoms with van der Waals surface area (Å²) in [7, 11) is 0. The van der Waals surface area contributed by atoms with Gasteiger partial charge in [-0.3, -0.25) is 0 Å². The monoisotopic (exact) mass is 287 g/mol. The van der Waals surface area contributed by atoms with Gasteiger partial charge in [0, 0.05) is 0 Å². The fraction of sp³-hybridized carbons (Fsp3) is 0. The molecule has 82 valence electrons. The number of rotatable bonds is 1. The topological polar surface area (TPSA) is 30.2 Å². The first-order valence-corrected chi connectivity index (χ1v) is 6.11. The van der Waals surface area contributed by atoms with E-state index in [0.717, 1.165) is 17.0 Å². The second-order valence-electron chi connectivity index (χ2n) is 3.62. The van der Waals surface area contributed by atoms with Crippen molar-refractivity contribution in [2.24, 2.45) is 0 Å². The molecule has 0 bridgehead atoms. The van der Waals surface area contributed by atoms with Gasteiger partial charge in [-0.25, -0.2) is 0 Å². The van der Waals surface area contributed by atoms with E-state index in [2.05, 4.69) is 25.5 Å². The predicted molar refractivity (Wildman–Crippen MR) is 67.4 cm³/mol. The van der Waals surface area contributed by atoms with Crippen molar-refractivity contribution in [3.63, 3.8) is 0 Å². The van der Waals surface area contributed by atoms with Gasteiger partial charge >= 0.3 is 106 Å². The van der Waals surface area contributed by atoms with Crippen molar-refractivity contribution in [3.8, 4) is 11.4 Å². The molecule has 1 aromatic carbocycles. The van der Waals surface area contributed by atoms with Crippen LogP contribution in [0.1, 0.15) is 0 Å². The van der Waals surface area contributed by atoms with Crippen LogP contribution >= 0.6 is 0 Å². The first-order chi connectivity index (χ1) is 8.34. The minimum absolute atomic E-state index is 0.662. The summed E-state index contributed by atoms with van der Waals surface area (Å²) >= 11 is 2.87. The van der Waals surface area contributed by atoms with E-state index in [0.29, 0.717) is 4.32 Å². The first-order valence-electron chi connectivity index (χ1n) is 5.25. The zero-order valence-corrected chi connectivity index (χ0v) is 10.7. The average Bonchev–Trinajstić information content (AvgIpc) is 2.39. The van der Waals surface area contributed by atoms with Gasteiger partial charge in [-0.05, 0) is 0 Å². The minimum atomic E-state index is 0.662. The second-order valence-corrected chi connectivity index (χ2v) is 4.39. The number of hydrogen-bond donors (Lipinski definition) is 0. The molecule has 4 heteroatoms. The molecular weight excluding hydrogens is 277 g/mol. The zero-order valence-electron chi connectivity index (χ0n) is 8.95. The molecule has 0 saturated heterocycles. The Kier molecular flexibility index (Phi) is 2.59. The Morgan fingerprint density at radius 3 is 2.47 bits per heavy atom. The SMILES string of the molecule is [Se]=c1nc(-c2ccccc2)n2ccccc2n1. The Bertz CT molecular complexity index is 719. The third-order valence-corrected chi connectivity index (χ3v) is 2.89. The van der Waals surface area contributed by atoms with Crippen molar-refractivity contribution in [2.45, 2.75) is 0 Å². The molecule has 0 N–H and O–H groups in total. The van der Waals surface area contributed by atoms with Crippen LogP contribution in [-0.2, 0) is 0 Å². The Hall–Kier alpha value is -1.77. The van der Waals surface area contributed by atoms with Crippen molar-refractivity contribution in [1.82, 2.24) is 14.4 Å². The van der Waals surface area contributed by atoms with E-state index in [9.17, 15) is 0 Å². The fourth-order valence-corrected chi connectivity index (χ4v) is 2.14. The molecule has 0 unspecified atom stereocenters. The van der Waals surface area contributed by atoms with Gasteiger partial charge in [0.2, 0.25) is 0 Å². The summed E-state index contributed by atoms with van der Waals surface area (Å²) in [6.45, 7) is 0. The number of nitrogens with zero attached hydrogens (tertiary/aromatic N) is 3. The van der Waals surface area contributed by atoms with E-state index in [1.54, 1.807) is 0 Å². The molecule has 2 heterocycles. The van der Waals surface area contributed by atoms with Gasteiger partial charge in [0.05, 0.1) is 0 Å². The van der Waals surface area contributed by atoms with Gasteiger partial charge in [0.15, 0.2) is 0 Å². The molecule has 0 amide bonds. The van der Waals surface area contributed by atoms with Gasteiger partial charge in [0.1, 0.15) is 0 Å². The van der Waals surface area contributed by atoms with Crippen molar-refractivity contribution in [1.29, 1.82) is 0 Å². The fourth-order valence-electron chi connectivity index (χ4n) is 1.76. The van der Waals surface area contributed by atoms with Crippen LogP contribution in [0.25, 0.3) is 17.0 Å². The molecule has 0 aliphatic heterocycles. The van der Waals surface area contributed by atoms with Crippen LogP contribution in [0.15, 0.2) is 54.7 Å². The average molecular weight is 286 g/mol. The standard InChI is InChI=1S/C13H9N3Se/c17-13-14-11-8-4-5-9-16(11)12(15-13)10-6-2-1-3-7-10/h1-9H. The van der Waals surface area contributed by atoms with Crippen molar-refractivity contribution in [3.05, 3.63) is 59.1 Å². The molecule has 0 spiro atoms. The van der Waals surface area contributed by atoms with Gasteiger partial charge in [-0.1, -0.05) is 0 Å². The van der Waals surface area contributed by atoms with Crippen LogP contribution in [0.2, 0.25) is 0 Å². The van der Waals surface area contributed by atoms with E-state index in [4.69, 9.17) is 0 Å². The molecule has 0 aliphatic rings. The molecular formula is C13H9N3Se. The molecule has 0 fully saturated rings. The summed E-state index contributed by atoms with van der Waals surface area (Å²) in [4.78, 5) is 8.83. The Balaban J connectivity index is 2.40. The molecule has 0 aliphatic carbocycles. The van der Waals surface area contributed by atoms with E-state index in [1.807, 2.05) is 59.1 Å². The summed E-state index contributed by atoms with van der Waals surface area (Å²) in [5.41, 5.74) is 1.96. The molecule has 3 rings (SSSR count). The Morgan fingerprint density at radius 2 is 1.65 bits per heavy atom. The molecule has 0 atom stereocenters. The summed E-state index contributed by atoms with van der Waals surface area (Å²) in [6.07, 6.45) is 1.97. The van der Waals surface area contributed by atoms with Crippen LogP contribution < -0.4 is 0 Å². The normalized spacial score (nSPS) is 10.6. The molecule has 3 nitrogen and oxygen atoms in total. The van der Waals surface area contributed by atoms with E-state index < -0.39 is 0 Å². The molecule has 3 aromatic rings. The van der Waals surface area contributed by atoms with Crippen LogP contribution in [0, 0.1) is 4.32 Å². The molecule has 2 aromatic heterocycles. The van der Waals surface area contributed by atoms with Gasteiger partial charge < -0.3 is 0 Å². The number of aromatic nitrogens is 3. The Morgan fingerprint density at radius 1 is 0.882 bits per heavy atom. The summed E-state index contributed by atoms with van der Waals surface area (Å²) in [6, 6.07) is 16.0. The molecule has 17 heavy (non-hydrogen) atoms. The maximum atomic E-state index is 4.47. The van der Waals surface area contributed by atoms with Crippen LogP contribution in [0.5, 0.6) is 0 Å². The van der Waals surface area contributed by atoms with E-state index in [-0.39, 0.29) is 0 Å². The number of hydrogen-bond acceptors (Lipinski definition) is 2. The summed E-state index contributed by atoms with van der Waals surface area (Å²) in [5.74, 6) is 0.893. The van der Waals surface area contributed by atoms with Crippen molar-refractivity contribution >= 4 is 21.2 Å². The first kappa shape index (κ1) is 10.4. The maximum absolute atomic E-state index is 4.47. The summed E-state index contributed by atoms with van der Waals surface area (Å²) < 4.78 is 2.64. The third kappa shape index (κ3) is 1.93. The van der Waals surface area contributed by atoms with Crippen LogP contribution in [0.3, 0.4) is 0 Å². The van der Waals surface area contributed by atoms with Crippen LogP contribution in [-0.4, -0.2) is 29.9 Å². The quantitative estimate of drug-likeness (QED) is 0.641. The third-order valence-electron chi connectivity index (χ3n) is 2.51. The van der Waals surface area contributed by atoms with Crippen LogP contribution in [0.4, 0.5) is 0 Å². The van der Waals surface area contributed by atoms with Crippen molar-refractivity contribution < 1.29 is 0 Å². The molecule has 0 radical (unpaired) electrons. The van der Waals surface area contributed by atoms with E-state index >= 15 is 0 Å². The number of pyridine rings is 1. The molecule has 0 saturated carbocycles. The van der Waals surface area contributed by atoms with Gasteiger partial charge in [-0.2, -0.15) is 0 Å². The second kappa shape index (κ2) is 4.24. The zero-order chi connectivity index (χ0) is 11.7. The van der Waals surface area contributed by atoms with Gasteiger partial charge in [0.25, 0.3) is 0 Å². The van der Waals surface area contributed by atoms with Crippen molar-refractivity contribution in [2.75, 3.05) is 0 Å².